The molecule has 5 rings (SSSR count). The average molecular weight is 440 g/mol. The van der Waals surface area contributed by atoms with E-state index in [-0.39, 0.29) is 5.91 Å². The van der Waals surface area contributed by atoms with Gasteiger partial charge in [0.05, 0.1) is 6.54 Å². The standard InChI is InChI=1S/C23H26BrN3O/c24-10-2-11-26-12-9-20-21(3-1-4-22(20)26)23(28)27(18-7-8-18)19-6-5-16-14-25-15-17(16)13-19/h1,3-4,9,12,15,18-19H,2,5-8,10-11,13-14H2. The molecule has 4 nitrogen and oxygen atoms in total. The van der Waals surface area contributed by atoms with Crippen molar-refractivity contribution in [1.29, 1.82) is 0 Å². The topological polar surface area (TPSA) is 37.6 Å². The normalized spacial score (nSPS) is 21.4. The van der Waals surface area contributed by atoms with Crippen LogP contribution in [0, 0.1) is 0 Å². The van der Waals surface area contributed by atoms with Gasteiger partial charge in [-0.25, -0.2) is 0 Å². The van der Waals surface area contributed by atoms with E-state index >= 15 is 0 Å². The zero-order chi connectivity index (χ0) is 19.1. The Morgan fingerprint density at radius 1 is 1.21 bits per heavy atom. The molecule has 0 N–H and O–H groups in total. The highest BCUT2D eigenvalue weighted by molar-refractivity contribution is 9.09. The van der Waals surface area contributed by atoms with E-state index in [0.717, 1.165) is 67.9 Å². The summed E-state index contributed by atoms with van der Waals surface area (Å²) in [6, 6.07) is 9.04. The highest BCUT2D eigenvalue weighted by Crippen LogP contribution is 2.38. The van der Waals surface area contributed by atoms with Crippen molar-refractivity contribution < 1.29 is 4.79 Å². The van der Waals surface area contributed by atoms with Gasteiger partial charge in [0, 0.05) is 52.8 Å². The lowest BCUT2D eigenvalue weighted by Gasteiger charge is -2.35. The fourth-order valence-electron chi connectivity index (χ4n) is 4.79. The number of fused-ring (bicyclic) bond motifs is 1. The van der Waals surface area contributed by atoms with Crippen LogP contribution in [0.3, 0.4) is 0 Å². The molecule has 2 aliphatic carbocycles. The summed E-state index contributed by atoms with van der Waals surface area (Å²) in [5, 5.41) is 2.08. The number of benzene rings is 1. The summed E-state index contributed by atoms with van der Waals surface area (Å²) in [7, 11) is 0. The van der Waals surface area contributed by atoms with Crippen molar-refractivity contribution in [2.75, 3.05) is 11.9 Å². The molecule has 1 fully saturated rings. The van der Waals surface area contributed by atoms with Gasteiger partial charge in [-0.1, -0.05) is 22.0 Å². The molecular weight excluding hydrogens is 414 g/mol. The van der Waals surface area contributed by atoms with Crippen LogP contribution in [-0.2, 0) is 6.54 Å². The summed E-state index contributed by atoms with van der Waals surface area (Å²) in [6.45, 7) is 1.85. The molecule has 2 aromatic rings. The molecule has 2 heterocycles. The van der Waals surface area contributed by atoms with Crippen LogP contribution in [0.15, 0.2) is 46.6 Å². The number of alkyl halides is 1. The molecule has 1 atom stereocenters. The molecule has 1 aliphatic heterocycles. The predicted octanol–water partition coefficient (Wildman–Crippen LogP) is 4.96. The van der Waals surface area contributed by atoms with Gasteiger partial charge in [0.2, 0.25) is 0 Å². The van der Waals surface area contributed by atoms with Gasteiger partial charge < -0.3 is 9.47 Å². The SMILES string of the molecule is O=C(c1cccc2c1ccn2CCCBr)N(C1CC1)C1CCC2=C(C=NC2)C1. The Bertz CT molecular complexity index is 969. The molecule has 3 aliphatic rings. The quantitative estimate of drug-likeness (QED) is 0.585. The van der Waals surface area contributed by atoms with Gasteiger partial charge in [-0.3, -0.25) is 9.79 Å². The van der Waals surface area contributed by atoms with Crippen LogP contribution in [0.5, 0.6) is 0 Å². The van der Waals surface area contributed by atoms with Gasteiger partial charge in [-0.2, -0.15) is 0 Å². The van der Waals surface area contributed by atoms with E-state index in [4.69, 9.17) is 0 Å². The molecule has 1 saturated carbocycles. The number of aryl methyl sites for hydroxylation is 1. The third-order valence-electron chi connectivity index (χ3n) is 6.36. The molecule has 146 valence electrons. The highest BCUT2D eigenvalue weighted by atomic mass is 79.9. The van der Waals surface area contributed by atoms with E-state index in [2.05, 4.69) is 48.7 Å². The molecular formula is C23H26BrN3O. The summed E-state index contributed by atoms with van der Waals surface area (Å²) in [6.07, 6.45) is 10.7. The van der Waals surface area contributed by atoms with Crippen LogP contribution in [0.4, 0.5) is 0 Å². The number of hydrogen-bond donors (Lipinski definition) is 0. The van der Waals surface area contributed by atoms with Crippen molar-refractivity contribution in [3.8, 4) is 0 Å². The molecule has 5 heteroatoms. The summed E-state index contributed by atoms with van der Waals surface area (Å²) < 4.78 is 2.27. The first kappa shape index (κ1) is 18.2. The smallest absolute Gasteiger partial charge is 0.255 e. The Morgan fingerprint density at radius 2 is 2.11 bits per heavy atom. The Morgan fingerprint density at radius 3 is 2.93 bits per heavy atom. The lowest BCUT2D eigenvalue weighted by atomic mass is 9.88. The lowest BCUT2D eigenvalue weighted by Crippen LogP contribution is -2.43. The molecule has 0 spiro atoms. The zero-order valence-corrected chi connectivity index (χ0v) is 17.7. The van der Waals surface area contributed by atoms with Crippen molar-refractivity contribution in [3.63, 3.8) is 0 Å². The summed E-state index contributed by atoms with van der Waals surface area (Å²) in [5.74, 6) is 0.218. The first-order valence-electron chi connectivity index (χ1n) is 10.4. The van der Waals surface area contributed by atoms with Gasteiger partial charge >= 0.3 is 0 Å². The molecule has 0 bridgehead atoms. The monoisotopic (exact) mass is 439 g/mol. The Hall–Kier alpha value is -1.88. The van der Waals surface area contributed by atoms with Gasteiger partial charge in [-0.15, -0.1) is 0 Å². The number of carbonyl (C=O) groups is 1. The van der Waals surface area contributed by atoms with Gasteiger partial charge in [0.25, 0.3) is 5.91 Å². The molecule has 1 aromatic carbocycles. The minimum atomic E-state index is 0.218. The first-order chi connectivity index (χ1) is 13.8. The number of carbonyl (C=O) groups excluding carboxylic acids is 1. The number of nitrogens with zero attached hydrogens (tertiary/aromatic N) is 3. The predicted molar refractivity (Wildman–Crippen MR) is 118 cm³/mol. The number of halogens is 1. The van der Waals surface area contributed by atoms with Crippen molar-refractivity contribution in [3.05, 3.63) is 47.2 Å². The van der Waals surface area contributed by atoms with E-state index in [9.17, 15) is 4.79 Å². The van der Waals surface area contributed by atoms with Crippen LogP contribution >= 0.6 is 15.9 Å². The van der Waals surface area contributed by atoms with Crippen molar-refractivity contribution in [2.45, 2.75) is 57.2 Å². The molecule has 1 amide bonds. The largest absolute Gasteiger partial charge is 0.347 e. The Balaban J connectivity index is 1.45. The fraction of sp³-hybridized carbons (Fsp3) is 0.478. The van der Waals surface area contributed by atoms with Crippen LogP contribution < -0.4 is 0 Å². The highest BCUT2D eigenvalue weighted by Gasteiger charge is 2.39. The second-order valence-corrected chi connectivity index (χ2v) is 9.02. The number of rotatable bonds is 6. The molecule has 1 aromatic heterocycles. The molecule has 1 unspecified atom stereocenters. The second-order valence-electron chi connectivity index (χ2n) is 8.23. The van der Waals surface area contributed by atoms with Gasteiger partial charge in [0.1, 0.15) is 0 Å². The first-order valence-corrected chi connectivity index (χ1v) is 11.6. The minimum absolute atomic E-state index is 0.218. The Kier molecular flexibility index (Phi) is 4.87. The zero-order valence-electron chi connectivity index (χ0n) is 16.1. The number of hydrogen-bond acceptors (Lipinski definition) is 2. The average Bonchev–Trinajstić information content (AvgIpc) is 3.28. The minimum Gasteiger partial charge on any atom is -0.347 e. The van der Waals surface area contributed by atoms with Crippen molar-refractivity contribution in [1.82, 2.24) is 9.47 Å². The summed E-state index contributed by atoms with van der Waals surface area (Å²) in [4.78, 5) is 20.4. The van der Waals surface area contributed by atoms with E-state index in [1.807, 2.05) is 18.3 Å². The lowest BCUT2D eigenvalue weighted by molar-refractivity contribution is 0.0647. The third kappa shape index (κ3) is 3.24. The molecule has 0 saturated heterocycles. The summed E-state index contributed by atoms with van der Waals surface area (Å²) >= 11 is 3.52. The molecule has 28 heavy (non-hydrogen) atoms. The third-order valence-corrected chi connectivity index (χ3v) is 6.92. The number of aromatic nitrogens is 1. The van der Waals surface area contributed by atoms with Gasteiger partial charge in [0.15, 0.2) is 0 Å². The van der Waals surface area contributed by atoms with Crippen LogP contribution in [0.25, 0.3) is 10.9 Å². The summed E-state index contributed by atoms with van der Waals surface area (Å²) in [5.41, 5.74) is 4.90. The van der Waals surface area contributed by atoms with Crippen molar-refractivity contribution in [2.24, 2.45) is 4.99 Å². The van der Waals surface area contributed by atoms with E-state index in [1.165, 1.54) is 16.7 Å². The van der Waals surface area contributed by atoms with Crippen LogP contribution in [0.1, 0.15) is 48.9 Å². The van der Waals surface area contributed by atoms with E-state index < -0.39 is 0 Å². The number of amides is 1. The van der Waals surface area contributed by atoms with Crippen LogP contribution in [-0.4, -0.2) is 45.5 Å². The maximum absolute atomic E-state index is 13.7. The van der Waals surface area contributed by atoms with E-state index in [1.54, 1.807) is 0 Å². The maximum atomic E-state index is 13.7. The maximum Gasteiger partial charge on any atom is 0.255 e. The second kappa shape index (κ2) is 7.51. The molecule has 0 radical (unpaired) electrons. The fourth-order valence-corrected chi connectivity index (χ4v) is 5.04. The Labute approximate surface area is 174 Å². The van der Waals surface area contributed by atoms with Gasteiger partial charge in [-0.05, 0) is 67.9 Å². The van der Waals surface area contributed by atoms with Crippen molar-refractivity contribution >= 4 is 39.0 Å². The van der Waals surface area contributed by atoms with Crippen LogP contribution in [0.2, 0.25) is 0 Å². The van der Waals surface area contributed by atoms with E-state index in [0.29, 0.717) is 12.1 Å². The number of aliphatic imine (C=N–C) groups is 1.